The number of benzene rings is 1. The second-order valence-corrected chi connectivity index (χ2v) is 4.25. The predicted molar refractivity (Wildman–Crippen MR) is 70.7 cm³/mol. The topological polar surface area (TPSA) is 59.5 Å². The Morgan fingerprint density at radius 1 is 1.30 bits per heavy atom. The van der Waals surface area contributed by atoms with Crippen molar-refractivity contribution >= 4 is 22.8 Å². The van der Waals surface area contributed by atoms with Gasteiger partial charge in [0, 0.05) is 12.4 Å². The summed E-state index contributed by atoms with van der Waals surface area (Å²) in [7, 11) is 2.69. The van der Waals surface area contributed by atoms with Crippen LogP contribution in [0.3, 0.4) is 0 Å². The van der Waals surface area contributed by atoms with Gasteiger partial charge >= 0.3 is 5.97 Å². The standard InChI is InChI=1S/C14H13FN2O3/c1-17(8-12(18)20-2)14(19)11-7-6-9-4-3-5-10(15)13(9)16-11/h3-7H,8H2,1-2H3. The highest BCUT2D eigenvalue weighted by molar-refractivity contribution is 5.96. The van der Waals surface area contributed by atoms with Gasteiger partial charge in [-0.2, -0.15) is 0 Å². The third-order valence-electron chi connectivity index (χ3n) is 2.83. The minimum absolute atomic E-state index is 0.0778. The Balaban J connectivity index is 2.31. The highest BCUT2D eigenvalue weighted by atomic mass is 19.1. The van der Waals surface area contributed by atoms with Gasteiger partial charge in [0.2, 0.25) is 0 Å². The van der Waals surface area contributed by atoms with Crippen LogP contribution in [0.1, 0.15) is 10.5 Å². The molecule has 5 nitrogen and oxygen atoms in total. The van der Waals surface area contributed by atoms with E-state index in [2.05, 4.69) is 9.72 Å². The molecule has 104 valence electrons. The second-order valence-electron chi connectivity index (χ2n) is 4.25. The molecule has 0 atom stereocenters. The Bertz CT molecular complexity index is 673. The lowest BCUT2D eigenvalue weighted by atomic mass is 10.2. The Morgan fingerprint density at radius 3 is 2.75 bits per heavy atom. The lowest BCUT2D eigenvalue weighted by Gasteiger charge is -2.15. The summed E-state index contributed by atoms with van der Waals surface area (Å²) < 4.78 is 18.1. The molecule has 0 saturated heterocycles. The highest BCUT2D eigenvalue weighted by Crippen LogP contribution is 2.16. The third-order valence-corrected chi connectivity index (χ3v) is 2.83. The number of fused-ring (bicyclic) bond motifs is 1. The third kappa shape index (κ3) is 2.74. The minimum atomic E-state index is -0.534. The van der Waals surface area contributed by atoms with Crippen LogP contribution in [0.25, 0.3) is 10.9 Å². The van der Waals surface area contributed by atoms with Gasteiger partial charge in [-0.25, -0.2) is 9.37 Å². The largest absolute Gasteiger partial charge is 0.468 e. The number of hydrogen-bond donors (Lipinski definition) is 0. The van der Waals surface area contributed by atoms with Crippen molar-refractivity contribution in [3.8, 4) is 0 Å². The summed E-state index contributed by atoms with van der Waals surface area (Å²) in [6, 6.07) is 7.67. The maximum Gasteiger partial charge on any atom is 0.325 e. The molecule has 1 aromatic carbocycles. The fourth-order valence-electron chi connectivity index (χ4n) is 1.76. The van der Waals surface area contributed by atoms with Crippen molar-refractivity contribution in [2.75, 3.05) is 20.7 Å². The van der Waals surface area contributed by atoms with Crippen LogP contribution in [0.15, 0.2) is 30.3 Å². The molecule has 0 fully saturated rings. The van der Waals surface area contributed by atoms with Gasteiger partial charge < -0.3 is 9.64 Å². The quantitative estimate of drug-likeness (QED) is 0.799. The van der Waals surface area contributed by atoms with Crippen molar-refractivity contribution < 1.29 is 18.7 Å². The zero-order valence-corrected chi connectivity index (χ0v) is 11.1. The number of nitrogens with zero attached hydrogens (tertiary/aromatic N) is 2. The molecule has 2 aromatic rings. The maximum absolute atomic E-state index is 13.6. The number of methoxy groups -OCH3 is 1. The number of halogens is 1. The van der Waals surface area contributed by atoms with Crippen LogP contribution in [0.2, 0.25) is 0 Å². The van der Waals surface area contributed by atoms with E-state index in [1.165, 1.54) is 31.2 Å². The number of likely N-dealkylation sites (N-methyl/N-ethyl adjacent to an activating group) is 1. The predicted octanol–water partition coefficient (Wildman–Crippen LogP) is 1.62. The monoisotopic (exact) mass is 276 g/mol. The van der Waals surface area contributed by atoms with Gasteiger partial charge in [0.05, 0.1) is 7.11 Å². The van der Waals surface area contributed by atoms with Crippen LogP contribution in [-0.2, 0) is 9.53 Å². The van der Waals surface area contributed by atoms with Crippen molar-refractivity contribution in [1.82, 2.24) is 9.88 Å². The normalized spacial score (nSPS) is 10.3. The fourth-order valence-corrected chi connectivity index (χ4v) is 1.76. The fraction of sp³-hybridized carbons (Fsp3) is 0.214. The number of pyridine rings is 1. The summed E-state index contributed by atoms with van der Waals surface area (Å²) >= 11 is 0. The number of para-hydroxylation sites is 1. The lowest BCUT2D eigenvalue weighted by molar-refractivity contribution is -0.141. The van der Waals surface area contributed by atoms with Crippen LogP contribution >= 0.6 is 0 Å². The van der Waals surface area contributed by atoms with Gasteiger partial charge in [-0.3, -0.25) is 9.59 Å². The molecule has 0 saturated carbocycles. The van der Waals surface area contributed by atoms with Crippen LogP contribution in [0.5, 0.6) is 0 Å². The Kier molecular flexibility index (Phi) is 3.93. The van der Waals surface area contributed by atoms with Crippen molar-refractivity contribution in [3.05, 3.63) is 41.8 Å². The van der Waals surface area contributed by atoms with Gasteiger partial charge in [0.15, 0.2) is 0 Å². The van der Waals surface area contributed by atoms with Gasteiger partial charge in [0.1, 0.15) is 23.6 Å². The van der Waals surface area contributed by atoms with E-state index in [0.29, 0.717) is 5.39 Å². The summed E-state index contributed by atoms with van der Waals surface area (Å²) in [4.78, 5) is 28.4. The average molecular weight is 276 g/mol. The molecule has 1 amide bonds. The average Bonchev–Trinajstić information content (AvgIpc) is 2.46. The number of carbonyl (C=O) groups excluding carboxylic acids is 2. The Morgan fingerprint density at radius 2 is 2.05 bits per heavy atom. The van der Waals surface area contributed by atoms with Crippen LogP contribution in [0.4, 0.5) is 4.39 Å². The molecule has 2 rings (SSSR count). The smallest absolute Gasteiger partial charge is 0.325 e. The maximum atomic E-state index is 13.6. The number of rotatable bonds is 3. The molecule has 0 unspecified atom stereocenters. The van der Waals surface area contributed by atoms with E-state index in [-0.39, 0.29) is 17.8 Å². The number of esters is 1. The summed E-state index contributed by atoms with van der Waals surface area (Å²) in [6.07, 6.45) is 0. The number of ether oxygens (including phenoxy) is 1. The van der Waals surface area contributed by atoms with Crippen molar-refractivity contribution in [3.63, 3.8) is 0 Å². The van der Waals surface area contributed by atoms with Crippen molar-refractivity contribution in [1.29, 1.82) is 0 Å². The van der Waals surface area contributed by atoms with Crippen molar-refractivity contribution in [2.24, 2.45) is 0 Å². The van der Waals surface area contributed by atoms with Crippen LogP contribution in [-0.4, -0.2) is 42.5 Å². The molecular weight excluding hydrogens is 263 g/mol. The van der Waals surface area contributed by atoms with Gasteiger partial charge in [0.25, 0.3) is 5.91 Å². The first-order valence-corrected chi connectivity index (χ1v) is 5.90. The zero-order valence-electron chi connectivity index (χ0n) is 11.1. The van der Waals surface area contributed by atoms with Gasteiger partial charge in [-0.1, -0.05) is 18.2 Å². The van der Waals surface area contributed by atoms with Crippen LogP contribution in [0, 0.1) is 5.82 Å². The molecule has 0 aliphatic heterocycles. The van der Waals surface area contributed by atoms with E-state index in [4.69, 9.17) is 0 Å². The van der Waals surface area contributed by atoms with E-state index in [1.807, 2.05) is 0 Å². The van der Waals surface area contributed by atoms with Gasteiger partial charge in [-0.15, -0.1) is 0 Å². The van der Waals surface area contributed by atoms with Gasteiger partial charge in [-0.05, 0) is 12.1 Å². The molecule has 1 heterocycles. The molecular formula is C14H13FN2O3. The lowest BCUT2D eigenvalue weighted by Crippen LogP contribution is -2.33. The molecule has 0 radical (unpaired) electrons. The van der Waals surface area contributed by atoms with E-state index in [9.17, 15) is 14.0 Å². The highest BCUT2D eigenvalue weighted by Gasteiger charge is 2.17. The first-order valence-electron chi connectivity index (χ1n) is 5.90. The Labute approximate surface area is 115 Å². The number of carbonyl (C=O) groups is 2. The summed E-state index contributed by atoms with van der Waals surface area (Å²) in [5.74, 6) is -1.50. The SMILES string of the molecule is COC(=O)CN(C)C(=O)c1ccc2cccc(F)c2n1. The van der Waals surface area contributed by atoms with E-state index >= 15 is 0 Å². The number of amides is 1. The van der Waals surface area contributed by atoms with Crippen molar-refractivity contribution in [2.45, 2.75) is 0 Å². The Hall–Kier alpha value is -2.50. The van der Waals surface area contributed by atoms with E-state index in [1.54, 1.807) is 18.2 Å². The van der Waals surface area contributed by atoms with Crippen LogP contribution < -0.4 is 0 Å². The second kappa shape index (κ2) is 5.64. The van der Waals surface area contributed by atoms with E-state index in [0.717, 1.165) is 0 Å². The molecule has 0 spiro atoms. The first kappa shape index (κ1) is 13.9. The molecule has 1 aromatic heterocycles. The minimum Gasteiger partial charge on any atom is -0.468 e. The molecule has 0 aliphatic rings. The summed E-state index contributed by atoms with van der Waals surface area (Å²) in [6.45, 7) is -0.188. The molecule has 20 heavy (non-hydrogen) atoms. The molecule has 6 heteroatoms. The molecule has 0 N–H and O–H groups in total. The molecule has 0 bridgehead atoms. The zero-order chi connectivity index (χ0) is 14.7. The summed E-state index contributed by atoms with van der Waals surface area (Å²) in [5.41, 5.74) is 0.207. The summed E-state index contributed by atoms with van der Waals surface area (Å²) in [5, 5.41) is 0.608. The molecule has 0 aliphatic carbocycles. The number of hydrogen-bond acceptors (Lipinski definition) is 4. The number of aromatic nitrogens is 1. The van der Waals surface area contributed by atoms with E-state index < -0.39 is 17.7 Å². The first-order chi connectivity index (χ1) is 9.52.